The lowest BCUT2D eigenvalue weighted by molar-refractivity contribution is 0.484. The second-order valence-corrected chi connectivity index (χ2v) is 5.20. The van der Waals surface area contributed by atoms with Crippen molar-refractivity contribution in [1.82, 2.24) is 5.32 Å². The standard InChI is InChI=1S/C12H21N/c1-8(2)11-10(12(4,5)6)7-9(3)13-11/h8,13H,3,7H2,1-2,4-6H3. The third-order valence-electron chi connectivity index (χ3n) is 2.51. The molecule has 1 aliphatic heterocycles. The summed E-state index contributed by atoms with van der Waals surface area (Å²) in [7, 11) is 0. The number of rotatable bonds is 1. The number of allylic oxidation sites excluding steroid dienone is 2. The minimum Gasteiger partial charge on any atom is -0.362 e. The van der Waals surface area contributed by atoms with E-state index in [9.17, 15) is 0 Å². The van der Waals surface area contributed by atoms with Crippen LogP contribution in [0.2, 0.25) is 0 Å². The van der Waals surface area contributed by atoms with Crippen LogP contribution in [0.3, 0.4) is 0 Å². The molecule has 1 heteroatoms. The van der Waals surface area contributed by atoms with E-state index in [-0.39, 0.29) is 5.41 Å². The van der Waals surface area contributed by atoms with Gasteiger partial charge in [0.2, 0.25) is 0 Å². The fourth-order valence-electron chi connectivity index (χ4n) is 1.78. The van der Waals surface area contributed by atoms with E-state index in [4.69, 9.17) is 0 Å². The van der Waals surface area contributed by atoms with Crippen LogP contribution in [0.5, 0.6) is 0 Å². The molecular formula is C12H21N. The van der Waals surface area contributed by atoms with Gasteiger partial charge in [-0.25, -0.2) is 0 Å². The Bertz CT molecular complexity index is 251. The van der Waals surface area contributed by atoms with Crippen molar-refractivity contribution in [2.45, 2.75) is 41.0 Å². The molecule has 1 heterocycles. The van der Waals surface area contributed by atoms with Crippen molar-refractivity contribution >= 4 is 0 Å². The molecule has 0 bridgehead atoms. The van der Waals surface area contributed by atoms with E-state index in [0.717, 1.165) is 12.1 Å². The maximum atomic E-state index is 4.00. The van der Waals surface area contributed by atoms with E-state index in [1.165, 1.54) is 11.3 Å². The fraction of sp³-hybridized carbons (Fsp3) is 0.667. The Morgan fingerprint density at radius 1 is 1.31 bits per heavy atom. The number of hydrogen-bond donors (Lipinski definition) is 1. The number of nitrogens with one attached hydrogen (secondary N) is 1. The van der Waals surface area contributed by atoms with Gasteiger partial charge in [0.15, 0.2) is 0 Å². The summed E-state index contributed by atoms with van der Waals surface area (Å²) in [6.07, 6.45) is 1.02. The molecule has 0 fully saturated rings. The summed E-state index contributed by atoms with van der Waals surface area (Å²) < 4.78 is 0. The van der Waals surface area contributed by atoms with Gasteiger partial charge >= 0.3 is 0 Å². The van der Waals surface area contributed by atoms with Crippen molar-refractivity contribution in [3.05, 3.63) is 23.5 Å². The molecule has 0 aliphatic carbocycles. The van der Waals surface area contributed by atoms with E-state index in [2.05, 4.69) is 46.5 Å². The second kappa shape index (κ2) is 3.21. The molecule has 74 valence electrons. The van der Waals surface area contributed by atoms with Crippen molar-refractivity contribution in [3.63, 3.8) is 0 Å². The number of hydrogen-bond acceptors (Lipinski definition) is 1. The largest absolute Gasteiger partial charge is 0.362 e. The highest BCUT2D eigenvalue weighted by atomic mass is 14.9. The molecule has 0 aromatic heterocycles. The predicted octanol–water partition coefficient (Wildman–Crippen LogP) is 3.45. The van der Waals surface area contributed by atoms with Gasteiger partial charge in [0, 0.05) is 17.8 Å². The molecule has 0 aromatic rings. The highest BCUT2D eigenvalue weighted by Crippen LogP contribution is 2.37. The van der Waals surface area contributed by atoms with E-state index in [1.54, 1.807) is 0 Å². The SMILES string of the molecule is C=C1CC(C(C)(C)C)=C(C(C)C)N1. The summed E-state index contributed by atoms with van der Waals surface area (Å²) in [6, 6.07) is 0. The van der Waals surface area contributed by atoms with Crippen molar-refractivity contribution in [2.24, 2.45) is 11.3 Å². The first-order valence-corrected chi connectivity index (χ1v) is 5.00. The third kappa shape index (κ3) is 2.15. The molecule has 13 heavy (non-hydrogen) atoms. The monoisotopic (exact) mass is 179 g/mol. The van der Waals surface area contributed by atoms with E-state index in [1.807, 2.05) is 0 Å². The molecule has 1 nitrogen and oxygen atoms in total. The lowest BCUT2D eigenvalue weighted by Crippen LogP contribution is -2.15. The first-order chi connectivity index (χ1) is 5.82. The lowest BCUT2D eigenvalue weighted by atomic mass is 9.82. The van der Waals surface area contributed by atoms with Crippen LogP contribution in [0.4, 0.5) is 0 Å². The maximum absolute atomic E-state index is 4.00. The van der Waals surface area contributed by atoms with Crippen LogP contribution in [0, 0.1) is 11.3 Å². The minimum atomic E-state index is 0.270. The lowest BCUT2D eigenvalue weighted by Gasteiger charge is -2.23. The van der Waals surface area contributed by atoms with Crippen LogP contribution in [0.15, 0.2) is 23.5 Å². The van der Waals surface area contributed by atoms with Gasteiger partial charge in [-0.3, -0.25) is 0 Å². The first kappa shape index (κ1) is 10.4. The van der Waals surface area contributed by atoms with Crippen molar-refractivity contribution in [3.8, 4) is 0 Å². The summed E-state index contributed by atoms with van der Waals surface area (Å²) in [4.78, 5) is 0. The molecule has 0 amide bonds. The molecule has 0 spiro atoms. The molecule has 0 atom stereocenters. The molecule has 0 saturated carbocycles. The summed E-state index contributed by atoms with van der Waals surface area (Å²) in [5.41, 5.74) is 4.32. The zero-order chi connectivity index (χ0) is 10.2. The van der Waals surface area contributed by atoms with Gasteiger partial charge < -0.3 is 5.32 Å². The van der Waals surface area contributed by atoms with Gasteiger partial charge in [-0.1, -0.05) is 41.2 Å². The van der Waals surface area contributed by atoms with Crippen molar-refractivity contribution < 1.29 is 0 Å². The molecule has 0 aromatic carbocycles. The molecule has 1 rings (SSSR count). The van der Waals surface area contributed by atoms with Gasteiger partial charge in [0.25, 0.3) is 0 Å². The van der Waals surface area contributed by atoms with Crippen LogP contribution < -0.4 is 5.32 Å². The Morgan fingerprint density at radius 2 is 1.85 bits per heavy atom. The average Bonchev–Trinajstić information content (AvgIpc) is 2.29. The minimum absolute atomic E-state index is 0.270. The topological polar surface area (TPSA) is 12.0 Å². The highest BCUT2D eigenvalue weighted by Gasteiger charge is 2.27. The van der Waals surface area contributed by atoms with Crippen LogP contribution in [-0.4, -0.2) is 0 Å². The zero-order valence-corrected chi connectivity index (χ0v) is 9.49. The molecular weight excluding hydrogens is 158 g/mol. The first-order valence-electron chi connectivity index (χ1n) is 5.00. The maximum Gasteiger partial charge on any atom is 0.0175 e. The Labute approximate surface area is 81.9 Å². The van der Waals surface area contributed by atoms with Crippen LogP contribution in [-0.2, 0) is 0 Å². The van der Waals surface area contributed by atoms with Crippen molar-refractivity contribution in [2.75, 3.05) is 0 Å². The van der Waals surface area contributed by atoms with Gasteiger partial charge in [-0.2, -0.15) is 0 Å². The van der Waals surface area contributed by atoms with Gasteiger partial charge in [0.05, 0.1) is 0 Å². The average molecular weight is 179 g/mol. The molecule has 1 aliphatic rings. The van der Waals surface area contributed by atoms with E-state index < -0.39 is 0 Å². The Balaban J connectivity index is 3.02. The molecule has 0 unspecified atom stereocenters. The Kier molecular flexibility index (Phi) is 2.56. The fourth-order valence-corrected chi connectivity index (χ4v) is 1.78. The van der Waals surface area contributed by atoms with Gasteiger partial charge in [-0.05, 0) is 16.9 Å². The zero-order valence-electron chi connectivity index (χ0n) is 9.49. The Morgan fingerprint density at radius 3 is 2.15 bits per heavy atom. The van der Waals surface area contributed by atoms with Gasteiger partial charge in [0.1, 0.15) is 0 Å². The smallest absolute Gasteiger partial charge is 0.0175 e. The quantitative estimate of drug-likeness (QED) is 0.650. The van der Waals surface area contributed by atoms with E-state index >= 15 is 0 Å². The van der Waals surface area contributed by atoms with Crippen LogP contribution >= 0.6 is 0 Å². The van der Waals surface area contributed by atoms with Crippen LogP contribution in [0.25, 0.3) is 0 Å². The third-order valence-corrected chi connectivity index (χ3v) is 2.51. The second-order valence-electron chi connectivity index (χ2n) is 5.20. The molecule has 0 radical (unpaired) electrons. The highest BCUT2D eigenvalue weighted by molar-refractivity contribution is 5.33. The van der Waals surface area contributed by atoms with Crippen molar-refractivity contribution in [1.29, 1.82) is 0 Å². The summed E-state index contributed by atoms with van der Waals surface area (Å²) in [5, 5.41) is 3.40. The summed E-state index contributed by atoms with van der Waals surface area (Å²) in [6.45, 7) is 15.3. The predicted molar refractivity (Wildman–Crippen MR) is 58.2 cm³/mol. The molecule has 1 N–H and O–H groups in total. The summed E-state index contributed by atoms with van der Waals surface area (Å²) >= 11 is 0. The Hall–Kier alpha value is -0.720. The van der Waals surface area contributed by atoms with E-state index in [0.29, 0.717) is 5.92 Å². The normalized spacial score (nSPS) is 18.5. The molecule has 0 saturated heterocycles. The van der Waals surface area contributed by atoms with Crippen LogP contribution in [0.1, 0.15) is 41.0 Å². The van der Waals surface area contributed by atoms with Gasteiger partial charge in [-0.15, -0.1) is 0 Å². The summed E-state index contributed by atoms with van der Waals surface area (Å²) in [5.74, 6) is 0.577.